The summed E-state index contributed by atoms with van der Waals surface area (Å²) in [4.78, 5) is 8.86. The zero-order chi connectivity index (χ0) is 14.4. The van der Waals surface area contributed by atoms with Gasteiger partial charge >= 0.3 is 0 Å². The number of nitrogens with one attached hydrogen (secondary N) is 2. The molecule has 0 atom stereocenters. The van der Waals surface area contributed by atoms with Crippen LogP contribution in [0.25, 0.3) is 0 Å². The van der Waals surface area contributed by atoms with Crippen LogP contribution < -0.4 is 10.6 Å². The zero-order valence-electron chi connectivity index (χ0n) is 13.1. The normalized spacial score (nSPS) is 16.6. The maximum absolute atomic E-state index is 4.47. The van der Waals surface area contributed by atoms with Gasteiger partial charge < -0.3 is 10.6 Å². The molecule has 112 valence electrons. The summed E-state index contributed by atoms with van der Waals surface area (Å²) in [7, 11) is 0. The molecular formula is C16H28N4. The lowest BCUT2D eigenvalue weighted by Crippen LogP contribution is -2.36. The lowest BCUT2D eigenvalue weighted by Gasteiger charge is -2.41. The third kappa shape index (κ3) is 3.22. The molecule has 20 heavy (non-hydrogen) atoms. The summed E-state index contributed by atoms with van der Waals surface area (Å²) in [5.74, 6) is 2.02. The van der Waals surface area contributed by atoms with Gasteiger partial charge in [0.15, 0.2) is 0 Å². The van der Waals surface area contributed by atoms with Crippen LogP contribution in [0.4, 0.5) is 11.6 Å². The Morgan fingerprint density at radius 1 is 1.10 bits per heavy atom. The molecule has 0 saturated heterocycles. The van der Waals surface area contributed by atoms with Crippen LogP contribution in [0.3, 0.4) is 0 Å². The minimum atomic E-state index is 0.507. The number of aromatic nitrogens is 2. The van der Waals surface area contributed by atoms with E-state index in [1.807, 2.05) is 0 Å². The number of hydrogen-bond acceptors (Lipinski definition) is 4. The van der Waals surface area contributed by atoms with Crippen LogP contribution in [0.15, 0.2) is 6.33 Å². The quantitative estimate of drug-likeness (QED) is 0.757. The fourth-order valence-corrected chi connectivity index (χ4v) is 2.97. The molecular weight excluding hydrogens is 248 g/mol. The van der Waals surface area contributed by atoms with Gasteiger partial charge in [0.1, 0.15) is 18.0 Å². The summed E-state index contributed by atoms with van der Waals surface area (Å²) >= 11 is 0. The third-order valence-electron chi connectivity index (χ3n) is 4.58. The van der Waals surface area contributed by atoms with Crippen molar-refractivity contribution in [2.45, 2.75) is 59.3 Å². The Labute approximate surface area is 122 Å². The van der Waals surface area contributed by atoms with Gasteiger partial charge in [-0.25, -0.2) is 9.97 Å². The minimum Gasteiger partial charge on any atom is -0.370 e. The first-order valence-corrected chi connectivity index (χ1v) is 8.06. The standard InChI is InChI=1S/C16H28N4/c1-4-8-13-14(17-6-3)19-12-20-15(13)18-11-16(5-2)9-7-10-16/h12H,4-11H2,1-3H3,(H2,17,18,19,20). The van der Waals surface area contributed by atoms with Gasteiger partial charge in [-0.3, -0.25) is 0 Å². The van der Waals surface area contributed by atoms with Crippen molar-refractivity contribution in [3.05, 3.63) is 11.9 Å². The predicted molar refractivity (Wildman–Crippen MR) is 85.3 cm³/mol. The van der Waals surface area contributed by atoms with E-state index in [4.69, 9.17) is 0 Å². The Hall–Kier alpha value is -1.32. The smallest absolute Gasteiger partial charge is 0.134 e. The Balaban J connectivity index is 2.11. The highest BCUT2D eigenvalue weighted by Gasteiger charge is 2.34. The van der Waals surface area contributed by atoms with Crippen LogP contribution in [0, 0.1) is 5.41 Å². The average molecular weight is 276 g/mol. The minimum absolute atomic E-state index is 0.507. The monoisotopic (exact) mass is 276 g/mol. The second-order valence-corrected chi connectivity index (χ2v) is 5.89. The van der Waals surface area contributed by atoms with Crippen molar-refractivity contribution in [3.8, 4) is 0 Å². The van der Waals surface area contributed by atoms with Crippen molar-refractivity contribution in [1.29, 1.82) is 0 Å². The molecule has 1 fully saturated rings. The highest BCUT2D eigenvalue weighted by Crippen LogP contribution is 2.43. The zero-order valence-corrected chi connectivity index (χ0v) is 13.1. The Bertz CT molecular complexity index is 421. The second kappa shape index (κ2) is 6.91. The Kier molecular flexibility index (Phi) is 5.21. The molecule has 1 aliphatic carbocycles. The molecule has 4 heteroatoms. The van der Waals surface area contributed by atoms with E-state index in [-0.39, 0.29) is 0 Å². The van der Waals surface area contributed by atoms with Gasteiger partial charge in [-0.2, -0.15) is 0 Å². The van der Waals surface area contributed by atoms with E-state index < -0.39 is 0 Å². The Morgan fingerprint density at radius 3 is 2.30 bits per heavy atom. The highest BCUT2D eigenvalue weighted by atomic mass is 15.1. The average Bonchev–Trinajstić information content (AvgIpc) is 2.41. The predicted octanol–water partition coefficient (Wildman–Crippen LogP) is 3.85. The molecule has 2 rings (SSSR count). The molecule has 0 radical (unpaired) electrons. The molecule has 0 aliphatic heterocycles. The van der Waals surface area contributed by atoms with Crippen molar-refractivity contribution in [1.82, 2.24) is 9.97 Å². The van der Waals surface area contributed by atoms with Crippen LogP contribution in [0.2, 0.25) is 0 Å². The summed E-state index contributed by atoms with van der Waals surface area (Å²) in [6.07, 6.45) is 9.14. The first kappa shape index (κ1) is 15.1. The van der Waals surface area contributed by atoms with Gasteiger partial charge in [-0.1, -0.05) is 26.7 Å². The Morgan fingerprint density at radius 2 is 1.80 bits per heavy atom. The second-order valence-electron chi connectivity index (χ2n) is 5.89. The summed E-state index contributed by atoms with van der Waals surface area (Å²) in [6.45, 7) is 8.55. The largest absolute Gasteiger partial charge is 0.370 e. The van der Waals surface area contributed by atoms with Gasteiger partial charge in [0, 0.05) is 18.7 Å². The lowest BCUT2D eigenvalue weighted by atomic mass is 9.67. The SMILES string of the molecule is CCCc1c(NCC)ncnc1NCC1(CC)CCC1. The fraction of sp³-hybridized carbons (Fsp3) is 0.750. The van der Waals surface area contributed by atoms with Crippen molar-refractivity contribution in [2.75, 3.05) is 23.7 Å². The van der Waals surface area contributed by atoms with Gasteiger partial charge in [-0.15, -0.1) is 0 Å². The van der Waals surface area contributed by atoms with E-state index in [1.165, 1.54) is 31.2 Å². The van der Waals surface area contributed by atoms with Gasteiger partial charge in [-0.05, 0) is 38.0 Å². The van der Waals surface area contributed by atoms with Crippen molar-refractivity contribution in [3.63, 3.8) is 0 Å². The fourth-order valence-electron chi connectivity index (χ4n) is 2.97. The summed E-state index contributed by atoms with van der Waals surface area (Å²) in [5, 5.41) is 6.95. The third-order valence-corrected chi connectivity index (χ3v) is 4.58. The van der Waals surface area contributed by atoms with Crippen LogP contribution in [0.1, 0.15) is 58.4 Å². The number of rotatable bonds is 8. The molecule has 4 nitrogen and oxygen atoms in total. The summed E-state index contributed by atoms with van der Waals surface area (Å²) < 4.78 is 0. The highest BCUT2D eigenvalue weighted by molar-refractivity contribution is 5.57. The van der Waals surface area contributed by atoms with Crippen molar-refractivity contribution >= 4 is 11.6 Å². The maximum atomic E-state index is 4.47. The molecule has 1 saturated carbocycles. The molecule has 2 N–H and O–H groups in total. The molecule has 0 spiro atoms. The van der Waals surface area contributed by atoms with Crippen molar-refractivity contribution in [2.24, 2.45) is 5.41 Å². The number of hydrogen-bond donors (Lipinski definition) is 2. The van der Waals surface area contributed by atoms with E-state index in [0.29, 0.717) is 5.41 Å². The van der Waals surface area contributed by atoms with Crippen molar-refractivity contribution < 1.29 is 0 Å². The summed E-state index contributed by atoms with van der Waals surface area (Å²) in [6, 6.07) is 0. The molecule has 1 heterocycles. The van der Waals surface area contributed by atoms with Crippen LogP contribution in [0.5, 0.6) is 0 Å². The molecule has 0 bridgehead atoms. The topological polar surface area (TPSA) is 49.8 Å². The molecule has 0 amide bonds. The van der Waals surface area contributed by atoms with E-state index in [9.17, 15) is 0 Å². The van der Waals surface area contributed by atoms with E-state index in [1.54, 1.807) is 6.33 Å². The summed E-state index contributed by atoms with van der Waals surface area (Å²) in [5.41, 5.74) is 1.75. The van der Waals surface area contributed by atoms with E-state index in [2.05, 4.69) is 41.4 Å². The molecule has 0 unspecified atom stereocenters. The maximum Gasteiger partial charge on any atom is 0.134 e. The number of anilines is 2. The van der Waals surface area contributed by atoms with E-state index >= 15 is 0 Å². The first-order chi connectivity index (χ1) is 9.74. The van der Waals surface area contributed by atoms with Crippen LogP contribution in [-0.2, 0) is 6.42 Å². The lowest BCUT2D eigenvalue weighted by molar-refractivity contribution is 0.145. The molecule has 1 aromatic heterocycles. The van der Waals surface area contributed by atoms with Gasteiger partial charge in [0.05, 0.1) is 0 Å². The van der Waals surface area contributed by atoms with Crippen LogP contribution in [-0.4, -0.2) is 23.1 Å². The first-order valence-electron chi connectivity index (χ1n) is 8.06. The van der Waals surface area contributed by atoms with Gasteiger partial charge in [0.2, 0.25) is 0 Å². The molecule has 1 aliphatic rings. The van der Waals surface area contributed by atoms with Crippen LogP contribution >= 0.6 is 0 Å². The number of nitrogens with zero attached hydrogens (tertiary/aromatic N) is 2. The van der Waals surface area contributed by atoms with Gasteiger partial charge in [0.25, 0.3) is 0 Å². The molecule has 0 aromatic carbocycles. The molecule has 1 aromatic rings. The van der Waals surface area contributed by atoms with E-state index in [0.717, 1.165) is 37.6 Å².